The number of amides is 1. The molecule has 0 saturated carbocycles. The standard InChI is InChI=1S/C15H11N3O/c16-10-14(9-12-5-4-8-17-11-12)18-15(19)13-6-2-1-3-7-13/h1-9,11H,(H,18,19)/b14-9+. The first kappa shape index (κ1) is 12.5. The maximum Gasteiger partial charge on any atom is 0.256 e. The number of pyridine rings is 1. The number of carbonyl (C=O) groups is 1. The molecule has 92 valence electrons. The molecule has 0 spiro atoms. The van der Waals surface area contributed by atoms with E-state index in [1.54, 1.807) is 54.9 Å². The maximum absolute atomic E-state index is 11.9. The van der Waals surface area contributed by atoms with Gasteiger partial charge in [-0.1, -0.05) is 24.3 Å². The zero-order chi connectivity index (χ0) is 13.5. The quantitative estimate of drug-likeness (QED) is 0.849. The summed E-state index contributed by atoms with van der Waals surface area (Å²) in [5, 5.41) is 11.6. The van der Waals surface area contributed by atoms with Gasteiger partial charge in [0.15, 0.2) is 0 Å². The smallest absolute Gasteiger partial charge is 0.256 e. The molecule has 0 unspecified atom stereocenters. The van der Waals surface area contributed by atoms with Gasteiger partial charge in [-0.05, 0) is 29.8 Å². The van der Waals surface area contributed by atoms with Crippen LogP contribution in [0, 0.1) is 11.3 Å². The molecular formula is C15H11N3O. The summed E-state index contributed by atoms with van der Waals surface area (Å²) in [5.74, 6) is -0.308. The molecule has 0 bridgehead atoms. The molecule has 0 aliphatic heterocycles. The first-order valence-electron chi connectivity index (χ1n) is 5.68. The van der Waals surface area contributed by atoms with E-state index in [1.165, 1.54) is 0 Å². The van der Waals surface area contributed by atoms with Crippen molar-refractivity contribution in [2.45, 2.75) is 0 Å². The Kier molecular flexibility index (Phi) is 4.04. The predicted molar refractivity (Wildman–Crippen MR) is 71.7 cm³/mol. The first-order valence-corrected chi connectivity index (χ1v) is 5.68. The molecule has 0 aliphatic carbocycles. The average Bonchev–Trinajstić information content (AvgIpc) is 2.48. The zero-order valence-electron chi connectivity index (χ0n) is 10.1. The number of carbonyl (C=O) groups excluding carboxylic acids is 1. The Morgan fingerprint density at radius 2 is 2.00 bits per heavy atom. The second-order valence-electron chi connectivity index (χ2n) is 3.78. The number of aromatic nitrogens is 1. The fraction of sp³-hybridized carbons (Fsp3) is 0. The van der Waals surface area contributed by atoms with Crippen LogP contribution >= 0.6 is 0 Å². The van der Waals surface area contributed by atoms with Gasteiger partial charge in [-0.3, -0.25) is 9.78 Å². The molecule has 0 aliphatic rings. The van der Waals surface area contributed by atoms with Crippen molar-refractivity contribution >= 4 is 12.0 Å². The van der Waals surface area contributed by atoms with E-state index in [9.17, 15) is 4.79 Å². The monoisotopic (exact) mass is 249 g/mol. The number of hydrogen-bond donors (Lipinski definition) is 1. The van der Waals surface area contributed by atoms with Gasteiger partial charge in [0, 0.05) is 18.0 Å². The minimum atomic E-state index is -0.308. The molecule has 2 aromatic rings. The van der Waals surface area contributed by atoms with Crippen LogP contribution in [0.4, 0.5) is 0 Å². The van der Waals surface area contributed by atoms with E-state index in [4.69, 9.17) is 5.26 Å². The van der Waals surface area contributed by atoms with Crippen LogP contribution in [0.5, 0.6) is 0 Å². The van der Waals surface area contributed by atoms with E-state index in [0.29, 0.717) is 5.56 Å². The van der Waals surface area contributed by atoms with Gasteiger partial charge < -0.3 is 5.32 Å². The van der Waals surface area contributed by atoms with Crippen molar-refractivity contribution in [1.82, 2.24) is 10.3 Å². The van der Waals surface area contributed by atoms with Gasteiger partial charge in [0.1, 0.15) is 11.8 Å². The molecule has 0 radical (unpaired) electrons. The summed E-state index contributed by atoms with van der Waals surface area (Å²) in [7, 11) is 0. The molecule has 1 N–H and O–H groups in total. The van der Waals surface area contributed by atoms with Crippen molar-refractivity contribution in [3.63, 3.8) is 0 Å². The largest absolute Gasteiger partial charge is 0.313 e. The van der Waals surface area contributed by atoms with Gasteiger partial charge in [0.25, 0.3) is 5.91 Å². The molecule has 19 heavy (non-hydrogen) atoms. The third-order valence-corrected chi connectivity index (χ3v) is 2.40. The highest BCUT2D eigenvalue weighted by molar-refractivity contribution is 5.96. The Morgan fingerprint density at radius 3 is 2.63 bits per heavy atom. The maximum atomic E-state index is 11.9. The molecule has 1 heterocycles. The van der Waals surface area contributed by atoms with Gasteiger partial charge in [0.05, 0.1) is 0 Å². The third-order valence-electron chi connectivity index (χ3n) is 2.40. The second kappa shape index (κ2) is 6.12. The van der Waals surface area contributed by atoms with Gasteiger partial charge in [-0.25, -0.2) is 0 Å². The number of benzene rings is 1. The van der Waals surface area contributed by atoms with Crippen LogP contribution in [0.15, 0.2) is 60.6 Å². The number of rotatable bonds is 3. The van der Waals surface area contributed by atoms with Crippen LogP contribution in [0.3, 0.4) is 0 Å². The molecule has 1 amide bonds. The van der Waals surface area contributed by atoms with Crippen LogP contribution in [0.1, 0.15) is 15.9 Å². The Bertz CT molecular complexity index is 627. The highest BCUT2D eigenvalue weighted by atomic mass is 16.1. The fourth-order valence-corrected chi connectivity index (χ4v) is 1.51. The summed E-state index contributed by atoms with van der Waals surface area (Å²) in [4.78, 5) is 15.8. The van der Waals surface area contributed by atoms with Gasteiger partial charge in [-0.2, -0.15) is 5.26 Å². The summed E-state index contributed by atoms with van der Waals surface area (Å²) in [5.41, 5.74) is 1.45. The van der Waals surface area contributed by atoms with Crippen molar-refractivity contribution in [1.29, 1.82) is 5.26 Å². The van der Waals surface area contributed by atoms with E-state index < -0.39 is 0 Å². The summed E-state index contributed by atoms with van der Waals surface area (Å²) < 4.78 is 0. The van der Waals surface area contributed by atoms with Gasteiger partial charge >= 0.3 is 0 Å². The van der Waals surface area contributed by atoms with Crippen LogP contribution in [-0.4, -0.2) is 10.9 Å². The van der Waals surface area contributed by atoms with Crippen LogP contribution in [0.2, 0.25) is 0 Å². The van der Waals surface area contributed by atoms with E-state index in [1.807, 2.05) is 12.1 Å². The molecule has 4 nitrogen and oxygen atoms in total. The highest BCUT2D eigenvalue weighted by Gasteiger charge is 2.06. The normalized spacial score (nSPS) is 10.6. The molecule has 0 atom stereocenters. The summed E-state index contributed by atoms with van der Waals surface area (Å²) in [6.07, 6.45) is 4.84. The lowest BCUT2D eigenvalue weighted by atomic mass is 10.2. The van der Waals surface area contributed by atoms with Crippen LogP contribution in [0.25, 0.3) is 6.08 Å². The third kappa shape index (κ3) is 3.51. The second-order valence-corrected chi connectivity index (χ2v) is 3.78. The summed E-state index contributed by atoms with van der Waals surface area (Å²) in [6, 6.07) is 14.3. The van der Waals surface area contributed by atoms with E-state index in [2.05, 4.69) is 10.3 Å². The highest BCUT2D eigenvalue weighted by Crippen LogP contribution is 2.04. The topological polar surface area (TPSA) is 65.8 Å². The predicted octanol–water partition coefficient (Wildman–Crippen LogP) is 2.38. The van der Waals surface area contributed by atoms with Crippen molar-refractivity contribution in [3.8, 4) is 6.07 Å². The molecule has 1 aromatic carbocycles. The Hall–Kier alpha value is -2.93. The number of hydrogen-bond acceptors (Lipinski definition) is 3. The average molecular weight is 249 g/mol. The van der Waals surface area contributed by atoms with Crippen molar-refractivity contribution in [3.05, 3.63) is 71.7 Å². The first-order chi connectivity index (χ1) is 9.29. The van der Waals surface area contributed by atoms with Crippen molar-refractivity contribution in [2.24, 2.45) is 0 Å². The Morgan fingerprint density at radius 1 is 1.21 bits per heavy atom. The lowest BCUT2D eigenvalue weighted by Gasteiger charge is -2.03. The Balaban J connectivity index is 2.15. The van der Waals surface area contributed by atoms with E-state index >= 15 is 0 Å². The fourth-order valence-electron chi connectivity index (χ4n) is 1.51. The molecule has 0 saturated heterocycles. The SMILES string of the molecule is N#C/C(=C\c1cccnc1)NC(=O)c1ccccc1. The number of nitrogens with one attached hydrogen (secondary N) is 1. The van der Waals surface area contributed by atoms with E-state index in [0.717, 1.165) is 5.56 Å². The minimum Gasteiger partial charge on any atom is -0.313 e. The van der Waals surface area contributed by atoms with Gasteiger partial charge in [0.2, 0.25) is 0 Å². The summed E-state index contributed by atoms with van der Waals surface area (Å²) >= 11 is 0. The zero-order valence-corrected chi connectivity index (χ0v) is 10.1. The lowest BCUT2D eigenvalue weighted by Crippen LogP contribution is -2.21. The number of nitrogens with zero attached hydrogens (tertiary/aromatic N) is 2. The molecule has 1 aromatic heterocycles. The summed E-state index contributed by atoms with van der Waals surface area (Å²) in [6.45, 7) is 0. The van der Waals surface area contributed by atoms with Crippen LogP contribution < -0.4 is 5.32 Å². The molecule has 0 fully saturated rings. The van der Waals surface area contributed by atoms with Gasteiger partial charge in [-0.15, -0.1) is 0 Å². The van der Waals surface area contributed by atoms with Crippen LogP contribution in [-0.2, 0) is 0 Å². The minimum absolute atomic E-state index is 0.182. The number of allylic oxidation sites excluding steroid dienone is 1. The molecular weight excluding hydrogens is 238 g/mol. The Labute approximate surface area is 111 Å². The van der Waals surface area contributed by atoms with Crippen molar-refractivity contribution in [2.75, 3.05) is 0 Å². The molecule has 2 rings (SSSR count). The van der Waals surface area contributed by atoms with Crippen molar-refractivity contribution < 1.29 is 4.79 Å². The lowest BCUT2D eigenvalue weighted by molar-refractivity contribution is 0.0968. The van der Waals surface area contributed by atoms with E-state index in [-0.39, 0.29) is 11.6 Å². The molecule has 4 heteroatoms. The number of nitriles is 1.